The molecule has 0 N–H and O–H groups in total. The molecule has 4 heterocycles. The van der Waals surface area contributed by atoms with Gasteiger partial charge in [-0.2, -0.15) is 0 Å². The van der Waals surface area contributed by atoms with Crippen LogP contribution in [0.3, 0.4) is 0 Å². The summed E-state index contributed by atoms with van der Waals surface area (Å²) in [5, 5.41) is 0. The molecule has 0 bridgehead atoms. The average Bonchev–Trinajstić information content (AvgIpc) is 3.34. The monoisotopic (exact) mass is 381 g/mol. The van der Waals surface area contributed by atoms with E-state index in [-0.39, 0.29) is 6.04 Å². The number of pyridine rings is 1. The first-order chi connectivity index (χ1) is 14.3. The van der Waals surface area contributed by atoms with Gasteiger partial charge in [-0.1, -0.05) is 36.4 Å². The molecule has 0 radical (unpaired) electrons. The molecule has 1 atom stereocenters. The van der Waals surface area contributed by atoms with Crippen molar-refractivity contribution in [2.75, 3.05) is 6.61 Å². The zero-order valence-electron chi connectivity index (χ0n) is 16.0. The lowest BCUT2D eigenvalue weighted by Crippen LogP contribution is -2.24. The molecule has 1 unspecified atom stereocenters. The van der Waals surface area contributed by atoms with Gasteiger partial charge in [0.25, 0.3) is 0 Å². The molecule has 0 amide bonds. The molecule has 1 aliphatic heterocycles. The van der Waals surface area contributed by atoms with E-state index >= 15 is 0 Å². The predicted molar refractivity (Wildman–Crippen MR) is 111 cm³/mol. The maximum absolute atomic E-state index is 5.85. The van der Waals surface area contributed by atoms with Crippen molar-refractivity contribution in [1.29, 1.82) is 0 Å². The maximum Gasteiger partial charge on any atom is 0.159 e. The van der Waals surface area contributed by atoms with Crippen molar-refractivity contribution in [1.82, 2.24) is 24.1 Å². The van der Waals surface area contributed by atoms with E-state index in [2.05, 4.69) is 63.1 Å². The molecule has 142 valence electrons. The Hall–Kier alpha value is -3.51. The van der Waals surface area contributed by atoms with Gasteiger partial charge in [0.05, 0.1) is 30.0 Å². The Kier molecular flexibility index (Phi) is 3.55. The molecule has 29 heavy (non-hydrogen) atoms. The number of benzene rings is 2. The van der Waals surface area contributed by atoms with Crippen molar-refractivity contribution >= 4 is 22.2 Å². The smallest absolute Gasteiger partial charge is 0.159 e. The van der Waals surface area contributed by atoms with Gasteiger partial charge in [0, 0.05) is 18.8 Å². The number of rotatable bonds is 2. The summed E-state index contributed by atoms with van der Waals surface area (Å²) in [5.41, 5.74) is 7.29. The number of ether oxygens (including phenoxy) is 1. The Labute approximate surface area is 167 Å². The highest BCUT2D eigenvalue weighted by Gasteiger charge is 2.25. The van der Waals surface area contributed by atoms with Gasteiger partial charge in [0.1, 0.15) is 17.9 Å². The molecular weight excluding hydrogens is 362 g/mol. The van der Waals surface area contributed by atoms with Gasteiger partial charge in [-0.15, -0.1) is 0 Å². The molecule has 3 aromatic heterocycles. The number of nitrogens with zero attached hydrogens (tertiary/aromatic N) is 5. The Morgan fingerprint density at radius 1 is 0.966 bits per heavy atom. The summed E-state index contributed by atoms with van der Waals surface area (Å²) >= 11 is 0. The lowest BCUT2D eigenvalue weighted by Gasteiger charge is -2.26. The molecule has 2 aromatic carbocycles. The van der Waals surface area contributed by atoms with Crippen LogP contribution in [0.4, 0.5) is 0 Å². The number of fused-ring (bicyclic) bond motifs is 4. The van der Waals surface area contributed by atoms with Crippen LogP contribution in [0.1, 0.15) is 17.4 Å². The Bertz CT molecular complexity index is 1350. The van der Waals surface area contributed by atoms with Gasteiger partial charge in [-0.05, 0) is 29.3 Å². The third kappa shape index (κ3) is 2.57. The molecule has 1 aliphatic rings. The molecule has 0 aliphatic carbocycles. The van der Waals surface area contributed by atoms with E-state index < -0.39 is 0 Å². The fourth-order valence-electron chi connectivity index (χ4n) is 4.20. The Morgan fingerprint density at radius 3 is 2.76 bits per heavy atom. The maximum atomic E-state index is 5.85. The van der Waals surface area contributed by atoms with Crippen molar-refractivity contribution in [2.24, 2.45) is 7.05 Å². The van der Waals surface area contributed by atoms with E-state index in [9.17, 15) is 0 Å². The standard InChI is InChI=1S/C23H19N5O/c1-27-14-25-19-9-17(11-24-23(19)27)16-7-8-18-20(10-16)28-21(12-29-13-22(28)26-18)15-5-3-2-4-6-15/h2-11,14,21H,12-13H2,1H3. The highest BCUT2D eigenvalue weighted by molar-refractivity contribution is 5.85. The Balaban J connectivity index is 1.52. The zero-order valence-corrected chi connectivity index (χ0v) is 16.0. The minimum Gasteiger partial charge on any atom is -0.371 e. The van der Waals surface area contributed by atoms with Crippen molar-refractivity contribution in [3.8, 4) is 11.1 Å². The summed E-state index contributed by atoms with van der Waals surface area (Å²) in [5.74, 6) is 0.968. The number of aromatic nitrogens is 5. The number of aryl methyl sites for hydroxylation is 1. The van der Waals surface area contributed by atoms with Gasteiger partial charge >= 0.3 is 0 Å². The summed E-state index contributed by atoms with van der Waals surface area (Å²) in [7, 11) is 1.96. The van der Waals surface area contributed by atoms with Crippen LogP contribution in [0.15, 0.2) is 67.1 Å². The third-order valence-electron chi connectivity index (χ3n) is 5.65. The first-order valence-electron chi connectivity index (χ1n) is 9.69. The van der Waals surface area contributed by atoms with Crippen molar-refractivity contribution < 1.29 is 4.74 Å². The number of hydrogen-bond donors (Lipinski definition) is 0. The van der Waals surface area contributed by atoms with Crippen LogP contribution in [-0.2, 0) is 18.4 Å². The average molecular weight is 381 g/mol. The number of hydrogen-bond acceptors (Lipinski definition) is 4. The van der Waals surface area contributed by atoms with E-state index in [4.69, 9.17) is 9.72 Å². The molecule has 0 fully saturated rings. The first-order valence-corrected chi connectivity index (χ1v) is 9.69. The minimum atomic E-state index is 0.122. The van der Waals surface area contributed by atoms with Crippen LogP contribution in [0.2, 0.25) is 0 Å². The van der Waals surface area contributed by atoms with Crippen molar-refractivity contribution in [2.45, 2.75) is 12.6 Å². The second-order valence-electron chi connectivity index (χ2n) is 7.47. The molecule has 6 nitrogen and oxygen atoms in total. The lowest BCUT2D eigenvalue weighted by molar-refractivity contribution is 0.0679. The van der Waals surface area contributed by atoms with Crippen LogP contribution < -0.4 is 0 Å². The molecule has 6 heteroatoms. The molecular formula is C23H19N5O. The second-order valence-corrected chi connectivity index (χ2v) is 7.47. The summed E-state index contributed by atoms with van der Waals surface area (Å²) in [6.07, 6.45) is 3.71. The van der Waals surface area contributed by atoms with E-state index in [1.165, 1.54) is 5.56 Å². The quantitative estimate of drug-likeness (QED) is 0.462. The highest BCUT2D eigenvalue weighted by atomic mass is 16.5. The van der Waals surface area contributed by atoms with Crippen LogP contribution in [0, 0.1) is 0 Å². The summed E-state index contributed by atoms with van der Waals surface area (Å²) < 4.78 is 10.1. The van der Waals surface area contributed by atoms with Crippen molar-refractivity contribution in [3.63, 3.8) is 0 Å². The van der Waals surface area contributed by atoms with E-state index in [1.807, 2.05) is 23.9 Å². The van der Waals surface area contributed by atoms with Gasteiger partial charge < -0.3 is 13.9 Å². The van der Waals surface area contributed by atoms with E-state index in [1.54, 1.807) is 6.33 Å². The normalized spacial score (nSPS) is 16.4. The lowest BCUT2D eigenvalue weighted by atomic mass is 10.0. The van der Waals surface area contributed by atoms with Crippen molar-refractivity contribution in [3.05, 3.63) is 78.5 Å². The zero-order chi connectivity index (χ0) is 19.4. The molecule has 0 saturated carbocycles. The summed E-state index contributed by atoms with van der Waals surface area (Å²) in [4.78, 5) is 13.9. The topological polar surface area (TPSA) is 57.8 Å². The molecule has 6 rings (SSSR count). The predicted octanol–water partition coefficient (Wildman–Crippen LogP) is 4.10. The van der Waals surface area contributed by atoms with Crippen LogP contribution in [-0.4, -0.2) is 30.7 Å². The minimum absolute atomic E-state index is 0.122. The highest BCUT2D eigenvalue weighted by Crippen LogP contribution is 2.33. The SMILES string of the molecule is Cn1cnc2cc(-c3ccc4nc5n(c4c3)C(c3ccccc3)COC5)cnc21. The largest absolute Gasteiger partial charge is 0.371 e. The van der Waals surface area contributed by atoms with Gasteiger partial charge in [-0.3, -0.25) is 0 Å². The molecule has 0 spiro atoms. The first kappa shape index (κ1) is 16.4. The molecule has 5 aromatic rings. The van der Waals surface area contributed by atoms with Gasteiger partial charge in [0.15, 0.2) is 5.65 Å². The second kappa shape index (κ2) is 6.25. The summed E-state index contributed by atoms with van der Waals surface area (Å²) in [6, 6.07) is 19.1. The van der Waals surface area contributed by atoms with E-state index in [0.717, 1.165) is 39.1 Å². The van der Waals surface area contributed by atoms with Crippen LogP contribution >= 0.6 is 0 Å². The van der Waals surface area contributed by atoms with Crippen LogP contribution in [0.5, 0.6) is 0 Å². The fraction of sp³-hybridized carbons (Fsp3) is 0.174. The Morgan fingerprint density at radius 2 is 1.86 bits per heavy atom. The van der Waals surface area contributed by atoms with Crippen LogP contribution in [0.25, 0.3) is 33.3 Å². The number of imidazole rings is 2. The van der Waals surface area contributed by atoms with Gasteiger partial charge in [0.2, 0.25) is 0 Å². The third-order valence-corrected chi connectivity index (χ3v) is 5.65. The molecule has 0 saturated heterocycles. The summed E-state index contributed by atoms with van der Waals surface area (Å²) in [6.45, 7) is 1.18. The fourth-order valence-corrected chi connectivity index (χ4v) is 4.20. The van der Waals surface area contributed by atoms with E-state index in [0.29, 0.717) is 13.2 Å². The van der Waals surface area contributed by atoms with Gasteiger partial charge in [-0.25, -0.2) is 15.0 Å².